The third-order valence-corrected chi connectivity index (χ3v) is 4.51. The quantitative estimate of drug-likeness (QED) is 0.754. The highest BCUT2D eigenvalue weighted by molar-refractivity contribution is 5.76. The van der Waals surface area contributed by atoms with Crippen molar-refractivity contribution in [3.8, 4) is 0 Å². The zero-order chi connectivity index (χ0) is 14.8. The molecular weight excluding hydrogens is 255 g/mol. The number of ether oxygens (including phenoxy) is 1. The maximum Gasteiger partial charge on any atom is 0.312 e. The Morgan fingerprint density at radius 1 is 1.25 bits per heavy atom. The Morgan fingerprint density at radius 3 is 2.30 bits per heavy atom. The Balaban J connectivity index is 2.27. The van der Waals surface area contributed by atoms with Gasteiger partial charge in [0.05, 0.1) is 5.41 Å². The number of carbonyl (C=O) groups excluding carboxylic acids is 1. The topological polar surface area (TPSA) is 26.3 Å². The van der Waals surface area contributed by atoms with Crippen LogP contribution in [-0.2, 0) is 15.1 Å². The van der Waals surface area contributed by atoms with Crippen LogP contribution in [0, 0.1) is 11.2 Å². The molecule has 0 unspecified atom stereocenters. The molecule has 110 valence electrons. The Bertz CT molecular complexity index is 470. The standard InChI is InChI=1S/C17H23FO2/c1-4-16(2,3)15(19)20-17(11-5-6-12-17)13-7-9-14(18)10-8-13/h7-10H,4-6,11-12H2,1-3H3. The van der Waals surface area contributed by atoms with E-state index in [1.807, 2.05) is 20.8 Å². The predicted molar refractivity (Wildman–Crippen MR) is 76.7 cm³/mol. The summed E-state index contributed by atoms with van der Waals surface area (Å²) in [4.78, 5) is 12.4. The molecule has 0 N–H and O–H groups in total. The van der Waals surface area contributed by atoms with Gasteiger partial charge in [-0.3, -0.25) is 4.79 Å². The summed E-state index contributed by atoms with van der Waals surface area (Å²) in [7, 11) is 0. The smallest absolute Gasteiger partial charge is 0.312 e. The van der Waals surface area contributed by atoms with Gasteiger partial charge in [0.2, 0.25) is 0 Å². The Morgan fingerprint density at radius 2 is 1.80 bits per heavy atom. The average molecular weight is 278 g/mol. The maximum atomic E-state index is 13.1. The van der Waals surface area contributed by atoms with E-state index in [1.165, 1.54) is 12.1 Å². The zero-order valence-electron chi connectivity index (χ0n) is 12.5. The second-order valence-electron chi connectivity index (χ2n) is 6.34. The highest BCUT2D eigenvalue weighted by Gasteiger charge is 2.42. The van der Waals surface area contributed by atoms with Gasteiger partial charge in [0.1, 0.15) is 11.4 Å². The average Bonchev–Trinajstić information content (AvgIpc) is 2.89. The van der Waals surface area contributed by atoms with Crippen LogP contribution in [0.5, 0.6) is 0 Å². The van der Waals surface area contributed by atoms with Crippen LogP contribution < -0.4 is 0 Å². The molecule has 3 heteroatoms. The third kappa shape index (κ3) is 2.87. The molecule has 2 rings (SSSR count). The van der Waals surface area contributed by atoms with E-state index in [0.717, 1.165) is 37.7 Å². The number of hydrogen-bond acceptors (Lipinski definition) is 2. The fourth-order valence-electron chi connectivity index (χ4n) is 2.61. The number of carbonyl (C=O) groups is 1. The minimum atomic E-state index is -0.558. The van der Waals surface area contributed by atoms with Crippen molar-refractivity contribution in [2.75, 3.05) is 0 Å². The van der Waals surface area contributed by atoms with E-state index in [0.29, 0.717) is 0 Å². The summed E-state index contributed by atoms with van der Waals surface area (Å²) in [6.45, 7) is 5.80. The molecular formula is C17H23FO2. The Hall–Kier alpha value is -1.38. The zero-order valence-corrected chi connectivity index (χ0v) is 12.5. The van der Waals surface area contributed by atoms with E-state index in [1.54, 1.807) is 12.1 Å². The lowest BCUT2D eigenvalue weighted by molar-refractivity contribution is -0.171. The summed E-state index contributed by atoms with van der Waals surface area (Å²) in [6, 6.07) is 6.36. The Labute approximate surface area is 120 Å². The lowest BCUT2D eigenvalue weighted by atomic mass is 9.88. The molecule has 0 amide bonds. The first-order chi connectivity index (χ1) is 9.39. The number of hydrogen-bond donors (Lipinski definition) is 0. The lowest BCUT2D eigenvalue weighted by Gasteiger charge is -2.33. The first-order valence-corrected chi connectivity index (χ1v) is 7.39. The van der Waals surface area contributed by atoms with E-state index >= 15 is 0 Å². The molecule has 1 saturated carbocycles. The van der Waals surface area contributed by atoms with Crippen molar-refractivity contribution in [2.45, 2.75) is 58.5 Å². The molecule has 0 radical (unpaired) electrons. The van der Waals surface area contributed by atoms with Gasteiger partial charge >= 0.3 is 5.97 Å². The summed E-state index contributed by atoms with van der Waals surface area (Å²) in [5.41, 5.74) is -0.121. The summed E-state index contributed by atoms with van der Waals surface area (Å²) >= 11 is 0. The maximum absolute atomic E-state index is 13.1. The van der Waals surface area contributed by atoms with Crippen LogP contribution in [0.4, 0.5) is 4.39 Å². The van der Waals surface area contributed by atoms with Gasteiger partial charge in [0.25, 0.3) is 0 Å². The molecule has 0 aromatic heterocycles. The van der Waals surface area contributed by atoms with Crippen molar-refractivity contribution in [2.24, 2.45) is 5.41 Å². The van der Waals surface area contributed by atoms with Crippen molar-refractivity contribution in [1.29, 1.82) is 0 Å². The highest BCUT2D eigenvalue weighted by atomic mass is 19.1. The molecule has 0 heterocycles. The fourth-order valence-corrected chi connectivity index (χ4v) is 2.61. The van der Waals surface area contributed by atoms with Gasteiger partial charge in [-0.25, -0.2) is 4.39 Å². The highest BCUT2D eigenvalue weighted by Crippen LogP contribution is 2.43. The molecule has 0 atom stereocenters. The molecule has 1 fully saturated rings. The number of benzene rings is 1. The molecule has 0 aliphatic heterocycles. The third-order valence-electron chi connectivity index (χ3n) is 4.51. The molecule has 2 nitrogen and oxygen atoms in total. The normalized spacial score (nSPS) is 18.0. The van der Waals surface area contributed by atoms with Crippen LogP contribution in [0.1, 0.15) is 58.4 Å². The van der Waals surface area contributed by atoms with Crippen molar-refractivity contribution in [3.05, 3.63) is 35.6 Å². The second kappa shape index (κ2) is 5.55. The van der Waals surface area contributed by atoms with Crippen LogP contribution in [0.15, 0.2) is 24.3 Å². The van der Waals surface area contributed by atoms with E-state index in [2.05, 4.69) is 0 Å². The van der Waals surface area contributed by atoms with Gasteiger partial charge in [-0.2, -0.15) is 0 Å². The minimum absolute atomic E-state index is 0.161. The van der Waals surface area contributed by atoms with E-state index in [-0.39, 0.29) is 11.8 Å². The fraction of sp³-hybridized carbons (Fsp3) is 0.588. The molecule has 0 spiro atoms. The van der Waals surface area contributed by atoms with Gasteiger partial charge < -0.3 is 4.74 Å². The van der Waals surface area contributed by atoms with Gasteiger partial charge in [0, 0.05) is 0 Å². The molecule has 20 heavy (non-hydrogen) atoms. The molecule has 1 aromatic carbocycles. The Kier molecular flexibility index (Phi) is 4.17. The van der Waals surface area contributed by atoms with Gasteiger partial charge in [0.15, 0.2) is 0 Å². The van der Waals surface area contributed by atoms with Crippen molar-refractivity contribution >= 4 is 5.97 Å². The van der Waals surface area contributed by atoms with Crippen molar-refractivity contribution < 1.29 is 13.9 Å². The van der Waals surface area contributed by atoms with Crippen LogP contribution in [-0.4, -0.2) is 5.97 Å². The SMILES string of the molecule is CCC(C)(C)C(=O)OC1(c2ccc(F)cc2)CCCC1. The molecule has 0 bridgehead atoms. The lowest BCUT2D eigenvalue weighted by Crippen LogP contribution is -2.36. The molecule has 1 aliphatic rings. The summed E-state index contributed by atoms with van der Waals surface area (Å²) in [5, 5.41) is 0. The van der Waals surface area contributed by atoms with Gasteiger partial charge in [-0.1, -0.05) is 19.1 Å². The van der Waals surface area contributed by atoms with Crippen LogP contribution in [0.2, 0.25) is 0 Å². The van der Waals surface area contributed by atoms with Gasteiger partial charge in [-0.15, -0.1) is 0 Å². The van der Waals surface area contributed by atoms with Crippen LogP contribution in [0.3, 0.4) is 0 Å². The number of halogens is 1. The molecule has 1 aromatic rings. The van der Waals surface area contributed by atoms with Crippen molar-refractivity contribution in [3.63, 3.8) is 0 Å². The number of esters is 1. The molecule has 1 aliphatic carbocycles. The molecule has 0 saturated heterocycles. The van der Waals surface area contributed by atoms with E-state index in [9.17, 15) is 9.18 Å². The second-order valence-corrected chi connectivity index (χ2v) is 6.34. The van der Waals surface area contributed by atoms with Gasteiger partial charge in [-0.05, 0) is 63.6 Å². The summed E-state index contributed by atoms with van der Waals surface area (Å²) in [6.07, 6.45) is 4.47. The monoisotopic (exact) mass is 278 g/mol. The first-order valence-electron chi connectivity index (χ1n) is 7.39. The van der Waals surface area contributed by atoms with Crippen LogP contribution in [0.25, 0.3) is 0 Å². The summed E-state index contributed by atoms with van der Waals surface area (Å²) in [5.74, 6) is -0.423. The predicted octanol–water partition coefficient (Wildman–Crippen LogP) is 4.57. The first kappa shape index (κ1) is 15.0. The van der Waals surface area contributed by atoms with Crippen LogP contribution >= 0.6 is 0 Å². The minimum Gasteiger partial charge on any atom is -0.454 e. The summed E-state index contributed by atoms with van der Waals surface area (Å²) < 4.78 is 19.0. The van der Waals surface area contributed by atoms with Crippen molar-refractivity contribution in [1.82, 2.24) is 0 Å². The van der Waals surface area contributed by atoms with E-state index < -0.39 is 11.0 Å². The van der Waals surface area contributed by atoms with E-state index in [4.69, 9.17) is 4.74 Å². The number of rotatable bonds is 4. The largest absolute Gasteiger partial charge is 0.454 e.